The van der Waals surface area contributed by atoms with Gasteiger partial charge in [0.1, 0.15) is 0 Å². The van der Waals surface area contributed by atoms with Crippen molar-refractivity contribution in [2.45, 2.75) is 26.2 Å². The molecule has 0 aromatic heterocycles. The Morgan fingerprint density at radius 3 is 2.42 bits per heavy atom. The molecule has 0 aliphatic carbocycles. The average Bonchev–Trinajstić information content (AvgIpc) is 2.62. The summed E-state index contributed by atoms with van der Waals surface area (Å²) in [5, 5.41) is 5.82. The number of anilines is 2. The Hall–Kier alpha value is -2.82. The van der Waals surface area contributed by atoms with E-state index in [0.717, 1.165) is 18.5 Å². The molecular weight excluding hydrogens is 326 g/mol. The molecule has 0 spiro atoms. The summed E-state index contributed by atoms with van der Waals surface area (Å²) in [5.74, 6) is -0.184. The van der Waals surface area contributed by atoms with Crippen LogP contribution in [0.4, 0.5) is 11.4 Å². The van der Waals surface area contributed by atoms with Gasteiger partial charge in [-0.1, -0.05) is 37.3 Å². The van der Waals surface area contributed by atoms with Crippen LogP contribution >= 0.6 is 0 Å². The highest BCUT2D eigenvalue weighted by Crippen LogP contribution is 2.23. The number of benzene rings is 2. The van der Waals surface area contributed by atoms with Gasteiger partial charge < -0.3 is 15.5 Å². The van der Waals surface area contributed by atoms with Gasteiger partial charge in [0, 0.05) is 38.4 Å². The van der Waals surface area contributed by atoms with Crippen LogP contribution in [0.25, 0.3) is 0 Å². The number of carbonyl (C=O) groups excluding carboxylic acids is 2. The number of nitrogens with one attached hydrogen (secondary N) is 2. The Kier molecular flexibility index (Phi) is 7.21. The Labute approximate surface area is 155 Å². The second kappa shape index (κ2) is 9.61. The van der Waals surface area contributed by atoms with Gasteiger partial charge >= 0.3 is 0 Å². The number of hydrogen-bond donors (Lipinski definition) is 2. The molecule has 0 unspecified atom stereocenters. The van der Waals surface area contributed by atoms with Gasteiger partial charge in [-0.3, -0.25) is 9.59 Å². The summed E-state index contributed by atoms with van der Waals surface area (Å²) in [7, 11) is 3.79. The molecule has 2 aromatic rings. The quantitative estimate of drug-likeness (QED) is 0.764. The van der Waals surface area contributed by atoms with Gasteiger partial charge in [0.05, 0.1) is 5.56 Å². The second-order valence-electron chi connectivity index (χ2n) is 6.42. The molecule has 0 radical (unpaired) electrons. The van der Waals surface area contributed by atoms with Crippen molar-refractivity contribution in [3.63, 3.8) is 0 Å². The van der Waals surface area contributed by atoms with Crippen molar-refractivity contribution < 1.29 is 9.59 Å². The summed E-state index contributed by atoms with van der Waals surface area (Å²) in [6.45, 7) is 2.52. The standard InChI is InChI=1S/C21H27N3O2/c1-4-8-20(25)23-17-11-12-19(24(2)3)18(15-17)21(26)22-14-13-16-9-6-5-7-10-16/h5-7,9-12,15H,4,8,13-14H2,1-3H3,(H,22,26)(H,23,25). The molecule has 0 heterocycles. The normalized spacial score (nSPS) is 10.3. The third kappa shape index (κ3) is 5.62. The lowest BCUT2D eigenvalue weighted by molar-refractivity contribution is -0.116. The first-order valence-corrected chi connectivity index (χ1v) is 8.94. The van der Waals surface area contributed by atoms with Gasteiger partial charge in [-0.25, -0.2) is 0 Å². The molecule has 0 fully saturated rings. The minimum absolute atomic E-state index is 0.0412. The fraction of sp³-hybridized carbons (Fsp3) is 0.333. The molecule has 2 N–H and O–H groups in total. The SMILES string of the molecule is CCCC(=O)Nc1ccc(N(C)C)c(C(=O)NCCc2ccccc2)c1. The summed E-state index contributed by atoms with van der Waals surface area (Å²) in [6.07, 6.45) is 2.03. The number of amides is 2. The Bertz CT molecular complexity index is 742. The van der Waals surface area contributed by atoms with Crippen LogP contribution in [0.1, 0.15) is 35.7 Å². The average molecular weight is 353 g/mol. The van der Waals surface area contributed by atoms with Gasteiger partial charge in [0.2, 0.25) is 5.91 Å². The van der Waals surface area contributed by atoms with Crippen LogP contribution in [0.5, 0.6) is 0 Å². The maximum atomic E-state index is 12.7. The first kappa shape index (κ1) is 19.5. The molecule has 0 atom stereocenters. The zero-order valence-electron chi connectivity index (χ0n) is 15.7. The lowest BCUT2D eigenvalue weighted by Crippen LogP contribution is -2.28. The van der Waals surface area contributed by atoms with Crippen molar-refractivity contribution in [2.75, 3.05) is 30.9 Å². The maximum absolute atomic E-state index is 12.7. The van der Waals surface area contributed by atoms with Gasteiger partial charge in [-0.05, 0) is 36.6 Å². The van der Waals surface area contributed by atoms with Crippen molar-refractivity contribution in [2.24, 2.45) is 0 Å². The highest BCUT2D eigenvalue weighted by molar-refractivity contribution is 6.02. The van der Waals surface area contributed by atoms with E-state index in [1.807, 2.05) is 68.4 Å². The molecule has 0 saturated carbocycles. The van der Waals surface area contributed by atoms with E-state index in [1.54, 1.807) is 6.07 Å². The summed E-state index contributed by atoms with van der Waals surface area (Å²) in [4.78, 5) is 26.4. The Balaban J connectivity index is 2.08. The molecule has 0 bridgehead atoms. The fourth-order valence-corrected chi connectivity index (χ4v) is 2.70. The van der Waals surface area contributed by atoms with Crippen molar-refractivity contribution in [3.05, 3.63) is 59.7 Å². The van der Waals surface area contributed by atoms with Gasteiger partial charge in [-0.15, -0.1) is 0 Å². The third-order valence-corrected chi connectivity index (χ3v) is 4.03. The van der Waals surface area contributed by atoms with E-state index in [2.05, 4.69) is 10.6 Å². The predicted molar refractivity (Wildman–Crippen MR) is 107 cm³/mol. The molecule has 5 heteroatoms. The van der Waals surface area contributed by atoms with E-state index in [1.165, 1.54) is 5.56 Å². The van der Waals surface area contributed by atoms with E-state index in [4.69, 9.17) is 0 Å². The van der Waals surface area contributed by atoms with E-state index in [0.29, 0.717) is 24.2 Å². The number of rotatable bonds is 8. The van der Waals surface area contributed by atoms with Gasteiger partial charge in [-0.2, -0.15) is 0 Å². The Morgan fingerprint density at radius 2 is 1.77 bits per heavy atom. The smallest absolute Gasteiger partial charge is 0.253 e. The summed E-state index contributed by atoms with van der Waals surface area (Å²) >= 11 is 0. The van der Waals surface area contributed by atoms with Crippen LogP contribution in [0.15, 0.2) is 48.5 Å². The minimum Gasteiger partial charge on any atom is -0.377 e. The lowest BCUT2D eigenvalue weighted by Gasteiger charge is -2.18. The van der Waals surface area contributed by atoms with E-state index in [-0.39, 0.29) is 11.8 Å². The number of nitrogens with zero attached hydrogens (tertiary/aromatic N) is 1. The van der Waals surface area contributed by atoms with Crippen LogP contribution < -0.4 is 15.5 Å². The van der Waals surface area contributed by atoms with Crippen LogP contribution in [0, 0.1) is 0 Å². The fourth-order valence-electron chi connectivity index (χ4n) is 2.70. The van der Waals surface area contributed by atoms with Crippen LogP contribution in [-0.4, -0.2) is 32.5 Å². The number of carbonyl (C=O) groups is 2. The first-order chi connectivity index (χ1) is 12.5. The molecule has 2 amide bonds. The molecule has 5 nitrogen and oxygen atoms in total. The minimum atomic E-state index is -0.142. The third-order valence-electron chi connectivity index (χ3n) is 4.03. The monoisotopic (exact) mass is 353 g/mol. The molecule has 0 aliphatic heterocycles. The highest BCUT2D eigenvalue weighted by Gasteiger charge is 2.14. The van der Waals surface area contributed by atoms with Crippen molar-refractivity contribution in [1.82, 2.24) is 5.32 Å². The maximum Gasteiger partial charge on any atom is 0.253 e. The second-order valence-corrected chi connectivity index (χ2v) is 6.42. The largest absolute Gasteiger partial charge is 0.377 e. The van der Waals surface area contributed by atoms with E-state index < -0.39 is 0 Å². The molecule has 26 heavy (non-hydrogen) atoms. The van der Waals surface area contributed by atoms with Gasteiger partial charge in [0.15, 0.2) is 0 Å². The van der Waals surface area contributed by atoms with Crippen molar-refractivity contribution in [1.29, 1.82) is 0 Å². The zero-order valence-corrected chi connectivity index (χ0v) is 15.7. The molecule has 138 valence electrons. The van der Waals surface area contributed by atoms with E-state index >= 15 is 0 Å². The predicted octanol–water partition coefficient (Wildman–Crippen LogP) is 3.46. The summed E-state index contributed by atoms with van der Waals surface area (Å²) < 4.78 is 0. The van der Waals surface area contributed by atoms with Crippen LogP contribution in [0.3, 0.4) is 0 Å². The van der Waals surface area contributed by atoms with Gasteiger partial charge in [0.25, 0.3) is 5.91 Å². The zero-order chi connectivity index (χ0) is 18.9. The lowest BCUT2D eigenvalue weighted by atomic mass is 10.1. The first-order valence-electron chi connectivity index (χ1n) is 8.94. The van der Waals surface area contributed by atoms with Crippen LogP contribution in [-0.2, 0) is 11.2 Å². The molecular formula is C21H27N3O2. The van der Waals surface area contributed by atoms with Crippen LogP contribution in [0.2, 0.25) is 0 Å². The number of hydrogen-bond acceptors (Lipinski definition) is 3. The van der Waals surface area contributed by atoms with E-state index in [9.17, 15) is 9.59 Å². The van der Waals surface area contributed by atoms with Crippen molar-refractivity contribution in [3.8, 4) is 0 Å². The Morgan fingerprint density at radius 1 is 1.04 bits per heavy atom. The summed E-state index contributed by atoms with van der Waals surface area (Å²) in [5.41, 5.74) is 3.19. The summed E-state index contributed by atoms with van der Waals surface area (Å²) in [6, 6.07) is 15.5. The molecule has 0 aliphatic rings. The molecule has 0 saturated heterocycles. The topological polar surface area (TPSA) is 61.4 Å². The van der Waals surface area contributed by atoms with Crippen molar-refractivity contribution >= 4 is 23.2 Å². The molecule has 2 rings (SSSR count). The highest BCUT2D eigenvalue weighted by atomic mass is 16.2. The molecule has 2 aromatic carbocycles.